The van der Waals surface area contributed by atoms with Crippen LogP contribution in [0.1, 0.15) is 143 Å². The van der Waals surface area contributed by atoms with Gasteiger partial charge in [-0.05, 0) is 56.3 Å². The third-order valence-corrected chi connectivity index (χ3v) is 7.38. The molecule has 0 nitrogen and oxygen atoms in total. The van der Waals surface area contributed by atoms with Gasteiger partial charge >= 0.3 is 0 Å². The zero-order chi connectivity index (χ0) is 21.3. The van der Waals surface area contributed by atoms with Gasteiger partial charge < -0.3 is 0 Å². The van der Waals surface area contributed by atoms with Crippen LogP contribution >= 0.6 is 0 Å². The van der Waals surface area contributed by atoms with E-state index in [1.54, 1.807) is 0 Å². The summed E-state index contributed by atoms with van der Waals surface area (Å²) < 4.78 is 0. The minimum absolute atomic E-state index is 0.812. The summed E-state index contributed by atoms with van der Waals surface area (Å²) >= 11 is 0. The maximum Gasteiger partial charge on any atom is -0.0292 e. The maximum atomic E-state index is 4.42. The molecule has 1 rings (SSSR count). The Morgan fingerprint density at radius 1 is 0.897 bits per heavy atom. The molecule has 0 aromatic rings. The average Bonchev–Trinajstić information content (AvgIpc) is 2.69. The zero-order valence-electron chi connectivity index (χ0n) is 20.6. The molecule has 170 valence electrons. The molecule has 3 unspecified atom stereocenters. The predicted molar refractivity (Wildman–Crippen MR) is 133 cm³/mol. The Bertz CT molecular complexity index is 418. The van der Waals surface area contributed by atoms with Gasteiger partial charge in [0, 0.05) is 0 Å². The summed E-state index contributed by atoms with van der Waals surface area (Å²) in [4.78, 5) is 0. The van der Waals surface area contributed by atoms with E-state index in [1.807, 2.05) is 0 Å². The van der Waals surface area contributed by atoms with Crippen molar-refractivity contribution in [3.63, 3.8) is 0 Å². The fourth-order valence-electron chi connectivity index (χ4n) is 5.10. The van der Waals surface area contributed by atoms with Crippen molar-refractivity contribution in [3.05, 3.63) is 24.3 Å². The quantitative estimate of drug-likeness (QED) is 0.158. The summed E-state index contributed by atoms with van der Waals surface area (Å²) in [5, 5.41) is 0. The van der Waals surface area contributed by atoms with Gasteiger partial charge in [0.1, 0.15) is 0 Å². The second kappa shape index (κ2) is 17.2. The summed E-state index contributed by atoms with van der Waals surface area (Å²) in [7, 11) is 0. The number of rotatable bonds is 18. The van der Waals surface area contributed by atoms with Crippen LogP contribution in [0.4, 0.5) is 0 Å². The van der Waals surface area contributed by atoms with Crippen molar-refractivity contribution in [3.8, 4) is 0 Å². The van der Waals surface area contributed by atoms with Gasteiger partial charge in [-0.25, -0.2) is 0 Å². The predicted octanol–water partition coefficient (Wildman–Crippen LogP) is 10.4. The Morgan fingerprint density at radius 2 is 1.45 bits per heavy atom. The van der Waals surface area contributed by atoms with Crippen LogP contribution in [-0.2, 0) is 0 Å². The molecule has 1 saturated carbocycles. The minimum atomic E-state index is 0.812. The van der Waals surface area contributed by atoms with Gasteiger partial charge in [0.05, 0.1) is 0 Å². The molecule has 1 aliphatic carbocycles. The molecule has 0 heteroatoms. The molecule has 0 spiro atoms. The molecule has 1 aliphatic rings. The van der Waals surface area contributed by atoms with Gasteiger partial charge in [-0.15, -0.1) is 0 Å². The highest BCUT2D eigenvalue weighted by Crippen LogP contribution is 2.36. The van der Waals surface area contributed by atoms with Gasteiger partial charge in [0.2, 0.25) is 0 Å². The summed E-state index contributed by atoms with van der Waals surface area (Å²) in [5.41, 5.74) is 2.98. The molecule has 0 aromatic heterocycles. The second-order valence-corrected chi connectivity index (χ2v) is 10.5. The van der Waals surface area contributed by atoms with Crippen LogP contribution in [0.15, 0.2) is 24.3 Å². The Hall–Kier alpha value is -0.520. The topological polar surface area (TPSA) is 0 Å². The molecule has 0 saturated heterocycles. The highest BCUT2D eigenvalue weighted by molar-refractivity contribution is 5.04. The van der Waals surface area contributed by atoms with Gasteiger partial charge in [-0.2, -0.15) is 0 Å². The molecule has 0 heterocycles. The van der Waals surface area contributed by atoms with E-state index in [4.69, 9.17) is 0 Å². The summed E-state index contributed by atoms with van der Waals surface area (Å²) in [6.07, 6.45) is 26.5. The third kappa shape index (κ3) is 14.2. The average molecular weight is 403 g/mol. The van der Waals surface area contributed by atoms with Crippen molar-refractivity contribution in [1.82, 2.24) is 0 Å². The fraction of sp³-hybridized carbons (Fsp3) is 0.862. The van der Waals surface area contributed by atoms with E-state index in [0.717, 1.165) is 17.8 Å². The lowest BCUT2D eigenvalue weighted by molar-refractivity contribution is 0.293. The van der Waals surface area contributed by atoms with Gasteiger partial charge in [0.15, 0.2) is 0 Å². The molecule has 0 bridgehead atoms. The van der Waals surface area contributed by atoms with Crippen molar-refractivity contribution < 1.29 is 0 Å². The van der Waals surface area contributed by atoms with E-state index in [1.165, 1.54) is 133 Å². The minimum Gasteiger partial charge on any atom is -0.0999 e. The lowest BCUT2D eigenvalue weighted by Crippen LogP contribution is -2.18. The lowest BCUT2D eigenvalue weighted by atomic mass is 9.75. The number of hydrogen-bond acceptors (Lipinski definition) is 0. The highest BCUT2D eigenvalue weighted by atomic mass is 14.3. The van der Waals surface area contributed by atoms with Crippen LogP contribution in [0, 0.1) is 17.8 Å². The van der Waals surface area contributed by atoms with Crippen LogP contribution in [0.3, 0.4) is 0 Å². The van der Waals surface area contributed by atoms with E-state index >= 15 is 0 Å². The van der Waals surface area contributed by atoms with Crippen LogP contribution in [-0.4, -0.2) is 0 Å². The van der Waals surface area contributed by atoms with Gasteiger partial charge in [-0.1, -0.05) is 129 Å². The largest absolute Gasteiger partial charge is 0.0999 e. The van der Waals surface area contributed by atoms with Crippen molar-refractivity contribution in [2.75, 3.05) is 0 Å². The van der Waals surface area contributed by atoms with Gasteiger partial charge in [-0.3, -0.25) is 0 Å². The van der Waals surface area contributed by atoms with Crippen molar-refractivity contribution >= 4 is 0 Å². The third-order valence-electron chi connectivity index (χ3n) is 7.38. The molecule has 0 aliphatic heterocycles. The molecule has 0 amide bonds. The number of allylic oxidation sites excluding steroid dienone is 2. The lowest BCUT2D eigenvalue weighted by Gasteiger charge is -2.31. The van der Waals surface area contributed by atoms with E-state index in [0.29, 0.717) is 0 Å². The van der Waals surface area contributed by atoms with Crippen LogP contribution in [0.2, 0.25) is 0 Å². The van der Waals surface area contributed by atoms with E-state index in [9.17, 15) is 0 Å². The van der Waals surface area contributed by atoms with Crippen LogP contribution < -0.4 is 0 Å². The first-order valence-corrected chi connectivity index (χ1v) is 13.4. The maximum absolute atomic E-state index is 4.42. The molecular weight excluding hydrogens is 348 g/mol. The number of unbranched alkanes of at least 4 members (excludes halogenated alkanes) is 11. The highest BCUT2D eigenvalue weighted by Gasteiger charge is 2.23. The smallest absolute Gasteiger partial charge is 0.0292 e. The van der Waals surface area contributed by atoms with Crippen LogP contribution in [0.25, 0.3) is 0 Å². The fourth-order valence-corrected chi connectivity index (χ4v) is 5.10. The summed E-state index contributed by atoms with van der Waals surface area (Å²) in [6.45, 7) is 15.8. The normalized spacial score (nSPS) is 20.7. The Morgan fingerprint density at radius 3 is 2.00 bits per heavy atom. The Labute approximate surface area is 185 Å². The summed E-state index contributed by atoms with van der Waals surface area (Å²) in [5.74, 6) is 2.55. The van der Waals surface area contributed by atoms with Crippen molar-refractivity contribution in [2.45, 2.75) is 143 Å². The second-order valence-electron chi connectivity index (χ2n) is 10.5. The SMILES string of the molecule is C=C1CCC(CC(=C)CCC(C)CCCCCCCCCCCCCC)C(C)C1. The molecule has 0 aromatic carbocycles. The molecule has 0 radical (unpaired) electrons. The van der Waals surface area contributed by atoms with E-state index in [-0.39, 0.29) is 0 Å². The molecule has 1 fully saturated rings. The van der Waals surface area contributed by atoms with Crippen molar-refractivity contribution in [1.29, 1.82) is 0 Å². The number of hydrogen-bond donors (Lipinski definition) is 0. The first-order chi connectivity index (χ1) is 14.0. The monoisotopic (exact) mass is 402 g/mol. The Kier molecular flexibility index (Phi) is 15.7. The molecular formula is C29H54. The molecule has 29 heavy (non-hydrogen) atoms. The first-order valence-electron chi connectivity index (χ1n) is 13.4. The molecule has 3 atom stereocenters. The van der Waals surface area contributed by atoms with Crippen LogP contribution in [0.5, 0.6) is 0 Å². The first kappa shape index (κ1) is 26.5. The standard InChI is InChI=1S/C29H54/c1-6-7-8-9-10-11-12-13-14-15-16-17-18-25(2)19-20-27(4)24-29-22-21-26(3)23-28(29)5/h25,28-29H,3-4,6-24H2,1-2,5H3. The van der Waals surface area contributed by atoms with Gasteiger partial charge in [0.25, 0.3) is 0 Å². The van der Waals surface area contributed by atoms with Crippen molar-refractivity contribution in [2.24, 2.45) is 17.8 Å². The Balaban J connectivity index is 1.90. The van der Waals surface area contributed by atoms with E-state index < -0.39 is 0 Å². The zero-order valence-corrected chi connectivity index (χ0v) is 20.6. The molecule has 0 N–H and O–H groups in total. The summed E-state index contributed by atoms with van der Waals surface area (Å²) in [6, 6.07) is 0. The van der Waals surface area contributed by atoms with E-state index in [2.05, 4.69) is 33.9 Å².